The van der Waals surface area contributed by atoms with Crippen LogP contribution in [0.1, 0.15) is 12.3 Å². The van der Waals surface area contributed by atoms with Crippen LogP contribution in [0.15, 0.2) is 16.5 Å². The average Bonchev–Trinajstić information content (AvgIpc) is 2.87. The molecule has 0 atom stereocenters. The summed E-state index contributed by atoms with van der Waals surface area (Å²) < 4.78 is 32.8. The molecule has 0 saturated heterocycles. The summed E-state index contributed by atoms with van der Waals surface area (Å²) in [7, 11) is 1.78. The van der Waals surface area contributed by atoms with Gasteiger partial charge in [-0.25, -0.2) is 4.39 Å². The van der Waals surface area contributed by atoms with Crippen molar-refractivity contribution in [2.45, 2.75) is 12.8 Å². The van der Waals surface area contributed by atoms with Crippen LogP contribution >= 0.6 is 0 Å². The summed E-state index contributed by atoms with van der Waals surface area (Å²) in [5, 5.41) is 20.8. The third-order valence-electron chi connectivity index (χ3n) is 2.77. The highest BCUT2D eigenvalue weighted by molar-refractivity contribution is 5.59. The molecular formula is C12H12F2N4O3. The highest BCUT2D eigenvalue weighted by atomic mass is 19.1. The number of nitrogens with one attached hydrogen (secondary N) is 1. The van der Waals surface area contributed by atoms with Crippen molar-refractivity contribution in [3.05, 3.63) is 39.8 Å². The first-order chi connectivity index (χ1) is 10.0. The molecule has 0 fully saturated rings. The minimum absolute atomic E-state index is 0.213. The number of nitrogens with zero attached hydrogens (tertiary/aromatic N) is 3. The molecule has 2 aromatic rings. The van der Waals surface area contributed by atoms with Crippen LogP contribution in [-0.2, 0) is 6.42 Å². The highest BCUT2D eigenvalue weighted by Crippen LogP contribution is 2.30. The molecule has 0 radical (unpaired) electrons. The van der Waals surface area contributed by atoms with Gasteiger partial charge in [0, 0.05) is 12.5 Å². The van der Waals surface area contributed by atoms with E-state index < -0.39 is 33.7 Å². The van der Waals surface area contributed by atoms with Gasteiger partial charge in [0.15, 0.2) is 0 Å². The Morgan fingerprint density at radius 2 is 2.14 bits per heavy atom. The van der Waals surface area contributed by atoms with E-state index in [1.807, 2.05) is 0 Å². The third-order valence-corrected chi connectivity index (χ3v) is 2.77. The lowest BCUT2D eigenvalue weighted by atomic mass is 10.1. The number of rotatable bonds is 6. The fourth-order valence-electron chi connectivity index (χ4n) is 1.75. The Hall–Kier alpha value is -2.42. The number of hydrogen-bond donors (Lipinski definition) is 1. The van der Waals surface area contributed by atoms with Crippen molar-refractivity contribution >= 4 is 5.69 Å². The van der Waals surface area contributed by atoms with Gasteiger partial charge in [-0.05, 0) is 26.1 Å². The molecule has 0 aliphatic heterocycles. The lowest BCUT2D eigenvalue weighted by Gasteiger charge is -2.00. The predicted octanol–water partition coefficient (Wildman–Crippen LogP) is 2.07. The van der Waals surface area contributed by atoms with Crippen LogP contribution < -0.4 is 5.32 Å². The molecule has 0 saturated carbocycles. The fourth-order valence-corrected chi connectivity index (χ4v) is 1.75. The molecule has 112 valence electrons. The van der Waals surface area contributed by atoms with Gasteiger partial charge in [-0.1, -0.05) is 0 Å². The molecule has 7 nitrogen and oxygen atoms in total. The van der Waals surface area contributed by atoms with Crippen LogP contribution in [-0.4, -0.2) is 28.7 Å². The maximum absolute atomic E-state index is 14.0. The van der Waals surface area contributed by atoms with Crippen molar-refractivity contribution in [1.82, 2.24) is 15.5 Å². The quantitative estimate of drug-likeness (QED) is 0.498. The van der Waals surface area contributed by atoms with Crippen molar-refractivity contribution in [3.8, 4) is 11.5 Å². The molecule has 0 aliphatic rings. The zero-order valence-corrected chi connectivity index (χ0v) is 11.1. The summed E-state index contributed by atoms with van der Waals surface area (Å²) in [6.45, 7) is 0.719. The standard InChI is InChI=1S/C12H12F2N4O3/c1-15-6-2-3-9-16-17-12(21-9)10-7(13)4-5-8(11(10)14)18(19)20/h4-5,15H,2-3,6H2,1H3. The van der Waals surface area contributed by atoms with Crippen molar-refractivity contribution in [3.63, 3.8) is 0 Å². The Balaban J connectivity index is 2.33. The Bertz CT molecular complexity index is 660. The van der Waals surface area contributed by atoms with Crippen molar-refractivity contribution < 1.29 is 18.1 Å². The summed E-state index contributed by atoms with van der Waals surface area (Å²) in [4.78, 5) is 9.72. The molecule has 0 unspecified atom stereocenters. The van der Waals surface area contributed by atoms with E-state index in [-0.39, 0.29) is 5.89 Å². The van der Waals surface area contributed by atoms with Crippen LogP contribution in [0.3, 0.4) is 0 Å². The first kappa shape index (κ1) is 15.0. The Morgan fingerprint density at radius 3 is 2.81 bits per heavy atom. The van der Waals surface area contributed by atoms with Gasteiger partial charge in [0.1, 0.15) is 11.4 Å². The van der Waals surface area contributed by atoms with Gasteiger partial charge in [0.2, 0.25) is 11.7 Å². The number of aryl methyl sites for hydroxylation is 1. The maximum atomic E-state index is 14.0. The first-order valence-electron chi connectivity index (χ1n) is 6.14. The molecule has 1 aromatic heterocycles. The van der Waals surface area contributed by atoms with Gasteiger partial charge < -0.3 is 9.73 Å². The Morgan fingerprint density at radius 1 is 1.38 bits per heavy atom. The van der Waals surface area contributed by atoms with Crippen LogP contribution in [0.5, 0.6) is 0 Å². The zero-order chi connectivity index (χ0) is 15.4. The summed E-state index contributed by atoms with van der Waals surface area (Å²) in [5.41, 5.74) is -1.53. The lowest BCUT2D eigenvalue weighted by Crippen LogP contribution is -2.08. The smallest absolute Gasteiger partial charge is 0.305 e. The van der Waals surface area contributed by atoms with Crippen LogP contribution in [0.2, 0.25) is 0 Å². The SMILES string of the molecule is CNCCCc1nnc(-c2c(F)ccc([N+](=O)[O-])c2F)o1. The first-order valence-corrected chi connectivity index (χ1v) is 6.14. The van der Waals surface area contributed by atoms with Gasteiger partial charge in [0.05, 0.1) is 4.92 Å². The topological polar surface area (TPSA) is 94.1 Å². The van der Waals surface area contributed by atoms with Gasteiger partial charge in [-0.15, -0.1) is 10.2 Å². The van der Waals surface area contributed by atoms with Gasteiger partial charge in [-0.3, -0.25) is 10.1 Å². The summed E-state index contributed by atoms with van der Waals surface area (Å²) in [5.74, 6) is -2.52. The van der Waals surface area contributed by atoms with E-state index in [0.29, 0.717) is 12.8 Å². The summed E-state index contributed by atoms with van der Waals surface area (Å²) >= 11 is 0. The third kappa shape index (κ3) is 3.19. The molecule has 9 heteroatoms. The lowest BCUT2D eigenvalue weighted by molar-refractivity contribution is -0.387. The van der Waals surface area contributed by atoms with Gasteiger partial charge >= 0.3 is 5.69 Å². The fraction of sp³-hybridized carbons (Fsp3) is 0.333. The van der Waals surface area contributed by atoms with E-state index in [9.17, 15) is 18.9 Å². The van der Waals surface area contributed by atoms with Crippen molar-refractivity contribution in [2.24, 2.45) is 0 Å². The number of aromatic nitrogens is 2. The summed E-state index contributed by atoms with van der Waals surface area (Å²) in [6, 6.07) is 1.54. The van der Waals surface area contributed by atoms with Crippen molar-refractivity contribution in [1.29, 1.82) is 0 Å². The predicted molar refractivity (Wildman–Crippen MR) is 68.6 cm³/mol. The van der Waals surface area contributed by atoms with E-state index >= 15 is 0 Å². The highest BCUT2D eigenvalue weighted by Gasteiger charge is 2.26. The average molecular weight is 298 g/mol. The largest absolute Gasteiger partial charge is 0.420 e. The molecule has 0 amide bonds. The van der Waals surface area contributed by atoms with Crippen molar-refractivity contribution in [2.75, 3.05) is 13.6 Å². The number of nitro groups is 1. The molecule has 2 rings (SSSR count). The number of benzene rings is 1. The van der Waals surface area contributed by atoms with E-state index in [2.05, 4.69) is 15.5 Å². The Kier molecular flexibility index (Phi) is 4.53. The summed E-state index contributed by atoms with van der Waals surface area (Å²) in [6.07, 6.45) is 1.14. The molecule has 1 aromatic carbocycles. The van der Waals surface area contributed by atoms with E-state index in [4.69, 9.17) is 4.42 Å². The van der Waals surface area contributed by atoms with E-state index in [1.54, 1.807) is 7.05 Å². The second kappa shape index (κ2) is 6.35. The van der Waals surface area contributed by atoms with E-state index in [1.165, 1.54) is 0 Å². The molecule has 21 heavy (non-hydrogen) atoms. The molecular weight excluding hydrogens is 286 g/mol. The molecule has 0 aliphatic carbocycles. The maximum Gasteiger partial charge on any atom is 0.305 e. The van der Waals surface area contributed by atoms with Gasteiger partial charge in [0.25, 0.3) is 5.89 Å². The van der Waals surface area contributed by atoms with E-state index in [0.717, 1.165) is 18.7 Å². The number of nitro benzene ring substituents is 1. The molecule has 0 spiro atoms. The second-order valence-electron chi connectivity index (χ2n) is 4.22. The molecule has 0 bridgehead atoms. The number of hydrogen-bond acceptors (Lipinski definition) is 6. The van der Waals surface area contributed by atoms with Crippen LogP contribution in [0.25, 0.3) is 11.5 Å². The molecule has 1 heterocycles. The number of halogens is 2. The second-order valence-corrected chi connectivity index (χ2v) is 4.22. The molecule has 1 N–H and O–H groups in total. The van der Waals surface area contributed by atoms with Gasteiger partial charge in [-0.2, -0.15) is 4.39 Å². The monoisotopic (exact) mass is 298 g/mol. The normalized spacial score (nSPS) is 10.8. The zero-order valence-electron chi connectivity index (χ0n) is 11.1. The Labute approximate surface area is 118 Å². The minimum Gasteiger partial charge on any atom is -0.420 e. The van der Waals surface area contributed by atoms with Crippen LogP contribution in [0.4, 0.5) is 14.5 Å². The van der Waals surface area contributed by atoms with Crippen LogP contribution in [0, 0.1) is 21.7 Å². The minimum atomic E-state index is -1.33.